The molecule has 1 aliphatic rings. The minimum absolute atomic E-state index is 0.114. The smallest absolute Gasteiger partial charge is 0.353 e. The Labute approximate surface area is 105 Å². The molecule has 1 aromatic heterocycles. The van der Waals surface area contributed by atoms with Gasteiger partial charge in [-0.3, -0.25) is 0 Å². The highest BCUT2D eigenvalue weighted by Gasteiger charge is 2.38. The van der Waals surface area contributed by atoms with Gasteiger partial charge in [0.2, 0.25) is 0 Å². The molecule has 2 nitrogen and oxygen atoms in total. The minimum atomic E-state index is -4.32. The van der Waals surface area contributed by atoms with Crippen molar-refractivity contribution in [2.45, 2.75) is 39.4 Å². The van der Waals surface area contributed by atoms with Gasteiger partial charge < -0.3 is 4.90 Å². The Morgan fingerprint density at radius 3 is 2.22 bits per heavy atom. The van der Waals surface area contributed by atoms with Gasteiger partial charge in [0, 0.05) is 18.8 Å². The van der Waals surface area contributed by atoms with Gasteiger partial charge in [0.1, 0.15) is 5.82 Å². The van der Waals surface area contributed by atoms with Crippen molar-refractivity contribution in [3.05, 3.63) is 23.9 Å². The zero-order chi connectivity index (χ0) is 13.6. The fourth-order valence-corrected chi connectivity index (χ4v) is 2.29. The molecule has 2 rings (SSSR count). The number of aromatic nitrogens is 1. The van der Waals surface area contributed by atoms with Gasteiger partial charge in [-0.25, -0.2) is 4.98 Å². The number of hydrogen-bond acceptors (Lipinski definition) is 2. The molecule has 0 N–H and O–H groups in total. The Balaban J connectivity index is 2.16. The monoisotopic (exact) mass is 258 g/mol. The van der Waals surface area contributed by atoms with Crippen LogP contribution in [-0.2, 0) is 6.18 Å². The van der Waals surface area contributed by atoms with E-state index in [0.29, 0.717) is 11.9 Å². The van der Waals surface area contributed by atoms with Gasteiger partial charge in [0.15, 0.2) is 0 Å². The topological polar surface area (TPSA) is 16.1 Å². The van der Waals surface area contributed by atoms with E-state index in [0.717, 1.165) is 25.2 Å². The molecular weight excluding hydrogens is 241 g/mol. The predicted octanol–water partition coefficient (Wildman–Crippen LogP) is 3.73. The summed E-state index contributed by atoms with van der Waals surface area (Å²) in [4.78, 5) is 6.01. The average molecular weight is 258 g/mol. The summed E-state index contributed by atoms with van der Waals surface area (Å²) in [6.45, 7) is 7.26. The van der Waals surface area contributed by atoms with Gasteiger partial charge >= 0.3 is 6.18 Å². The first kappa shape index (κ1) is 13.2. The fourth-order valence-electron chi connectivity index (χ4n) is 2.29. The standard InChI is InChI=1S/C13H17F3N2/c1-12(2,3)10-6-7-18(10)11-5-4-9(8-17-11)13(14,15)16/h4-5,8,10H,6-7H2,1-3H3. The molecule has 0 spiro atoms. The Hall–Kier alpha value is -1.26. The van der Waals surface area contributed by atoms with E-state index in [1.165, 1.54) is 6.07 Å². The zero-order valence-electron chi connectivity index (χ0n) is 10.8. The van der Waals surface area contributed by atoms with E-state index in [2.05, 4.69) is 30.7 Å². The molecule has 1 saturated heterocycles. The third kappa shape index (κ3) is 2.44. The summed E-state index contributed by atoms with van der Waals surface area (Å²) in [5.41, 5.74) is -0.582. The van der Waals surface area contributed by atoms with Crippen LogP contribution in [0, 0.1) is 5.41 Å². The number of nitrogens with zero attached hydrogens (tertiary/aromatic N) is 2. The lowest BCUT2D eigenvalue weighted by Crippen LogP contribution is -2.55. The van der Waals surface area contributed by atoms with E-state index in [1.54, 1.807) is 0 Å². The number of anilines is 1. The summed E-state index contributed by atoms with van der Waals surface area (Å²) in [7, 11) is 0. The number of rotatable bonds is 1. The van der Waals surface area contributed by atoms with Crippen LogP contribution < -0.4 is 4.90 Å². The molecule has 1 fully saturated rings. The summed E-state index contributed by atoms with van der Waals surface area (Å²) in [5, 5.41) is 0. The SMILES string of the molecule is CC(C)(C)C1CCN1c1ccc(C(F)(F)F)cn1. The van der Waals surface area contributed by atoms with Gasteiger partial charge in [-0.2, -0.15) is 13.2 Å². The van der Waals surface area contributed by atoms with Crippen molar-refractivity contribution >= 4 is 5.82 Å². The maximum Gasteiger partial charge on any atom is 0.417 e. The van der Waals surface area contributed by atoms with Crippen LogP contribution in [0.5, 0.6) is 0 Å². The van der Waals surface area contributed by atoms with Gasteiger partial charge in [-0.05, 0) is 24.0 Å². The van der Waals surface area contributed by atoms with E-state index < -0.39 is 11.7 Å². The van der Waals surface area contributed by atoms with Crippen molar-refractivity contribution in [2.24, 2.45) is 5.41 Å². The maximum atomic E-state index is 12.4. The van der Waals surface area contributed by atoms with Crippen molar-refractivity contribution in [1.82, 2.24) is 4.98 Å². The molecule has 1 unspecified atom stereocenters. The average Bonchev–Trinajstić information content (AvgIpc) is 2.12. The maximum absolute atomic E-state index is 12.4. The fraction of sp³-hybridized carbons (Fsp3) is 0.615. The van der Waals surface area contributed by atoms with Crippen LogP contribution in [0.25, 0.3) is 0 Å². The Kier molecular flexibility index (Phi) is 3.03. The van der Waals surface area contributed by atoms with Crippen molar-refractivity contribution < 1.29 is 13.2 Å². The summed E-state index contributed by atoms with van der Waals surface area (Å²) in [6, 6.07) is 2.91. The number of pyridine rings is 1. The van der Waals surface area contributed by atoms with Gasteiger partial charge in [0.05, 0.1) is 5.56 Å². The first-order valence-corrected chi connectivity index (χ1v) is 5.99. The molecule has 1 aromatic rings. The first-order valence-electron chi connectivity index (χ1n) is 5.99. The van der Waals surface area contributed by atoms with Crippen molar-refractivity contribution in [2.75, 3.05) is 11.4 Å². The molecule has 5 heteroatoms. The number of halogens is 3. The summed E-state index contributed by atoms with van der Waals surface area (Å²) in [5.74, 6) is 0.633. The van der Waals surface area contributed by atoms with Crippen molar-refractivity contribution in [1.29, 1.82) is 0 Å². The van der Waals surface area contributed by atoms with E-state index in [1.807, 2.05) is 0 Å². The highest BCUT2D eigenvalue weighted by molar-refractivity contribution is 5.44. The highest BCUT2D eigenvalue weighted by Crippen LogP contribution is 2.37. The van der Waals surface area contributed by atoms with Gasteiger partial charge in [-0.1, -0.05) is 20.8 Å². The van der Waals surface area contributed by atoms with Crippen LogP contribution in [0.4, 0.5) is 19.0 Å². The molecule has 1 aliphatic heterocycles. The van der Waals surface area contributed by atoms with Crippen LogP contribution in [0.3, 0.4) is 0 Å². The number of hydrogen-bond donors (Lipinski definition) is 0. The zero-order valence-corrected chi connectivity index (χ0v) is 10.8. The quantitative estimate of drug-likeness (QED) is 0.763. The van der Waals surface area contributed by atoms with Crippen molar-refractivity contribution in [3.8, 4) is 0 Å². The second-order valence-corrected chi connectivity index (χ2v) is 5.77. The summed E-state index contributed by atoms with van der Waals surface area (Å²) < 4.78 is 37.3. The normalized spacial score (nSPS) is 20.8. The lowest BCUT2D eigenvalue weighted by Gasteiger charge is -2.49. The van der Waals surface area contributed by atoms with Crippen LogP contribution in [0.15, 0.2) is 18.3 Å². The lowest BCUT2D eigenvalue weighted by atomic mass is 9.79. The Morgan fingerprint density at radius 2 is 1.89 bits per heavy atom. The molecule has 0 aromatic carbocycles. The molecule has 0 bridgehead atoms. The third-order valence-corrected chi connectivity index (χ3v) is 3.39. The van der Waals surface area contributed by atoms with Crippen LogP contribution in [0.2, 0.25) is 0 Å². The minimum Gasteiger partial charge on any atom is -0.353 e. The molecule has 0 radical (unpaired) electrons. The molecular formula is C13H17F3N2. The molecule has 0 aliphatic carbocycles. The Bertz CT molecular complexity index is 417. The van der Waals surface area contributed by atoms with E-state index in [9.17, 15) is 13.2 Å². The lowest BCUT2D eigenvalue weighted by molar-refractivity contribution is -0.137. The van der Waals surface area contributed by atoms with E-state index >= 15 is 0 Å². The van der Waals surface area contributed by atoms with Gasteiger partial charge in [-0.15, -0.1) is 0 Å². The van der Waals surface area contributed by atoms with E-state index in [-0.39, 0.29) is 5.41 Å². The van der Waals surface area contributed by atoms with Gasteiger partial charge in [0.25, 0.3) is 0 Å². The van der Waals surface area contributed by atoms with E-state index in [4.69, 9.17) is 0 Å². The summed E-state index contributed by atoms with van der Waals surface area (Å²) in [6.07, 6.45) is -2.34. The van der Waals surface area contributed by atoms with Crippen LogP contribution >= 0.6 is 0 Å². The largest absolute Gasteiger partial charge is 0.417 e. The predicted molar refractivity (Wildman–Crippen MR) is 64.4 cm³/mol. The molecule has 2 heterocycles. The second kappa shape index (κ2) is 4.14. The molecule has 0 saturated carbocycles. The number of alkyl halides is 3. The molecule has 0 amide bonds. The van der Waals surface area contributed by atoms with Crippen molar-refractivity contribution in [3.63, 3.8) is 0 Å². The van der Waals surface area contributed by atoms with Crippen LogP contribution in [0.1, 0.15) is 32.8 Å². The Morgan fingerprint density at radius 1 is 1.22 bits per heavy atom. The third-order valence-electron chi connectivity index (χ3n) is 3.39. The first-order chi connectivity index (χ1) is 8.19. The van der Waals surface area contributed by atoms with Crippen LogP contribution in [-0.4, -0.2) is 17.6 Å². The molecule has 100 valence electrons. The second-order valence-electron chi connectivity index (χ2n) is 5.77. The molecule has 1 atom stereocenters. The summed E-state index contributed by atoms with van der Waals surface area (Å²) >= 11 is 0. The highest BCUT2D eigenvalue weighted by atomic mass is 19.4. The molecule has 18 heavy (non-hydrogen) atoms.